The number of nitrogens with zero attached hydrogens (tertiary/aromatic N) is 1. The lowest BCUT2D eigenvalue weighted by atomic mass is 10.0. The van der Waals surface area contributed by atoms with E-state index in [1.165, 1.54) is 4.90 Å². The highest BCUT2D eigenvalue weighted by molar-refractivity contribution is 6.30. The molecule has 1 aliphatic rings. The van der Waals surface area contributed by atoms with Crippen LogP contribution in [0.1, 0.15) is 19.4 Å². The third-order valence-corrected chi connectivity index (χ3v) is 3.81. The van der Waals surface area contributed by atoms with Crippen LogP contribution in [-0.2, 0) is 11.2 Å². The predicted octanol–water partition coefficient (Wildman–Crippen LogP) is 2.47. The molecule has 5 nitrogen and oxygen atoms in total. The van der Waals surface area contributed by atoms with E-state index in [9.17, 15) is 9.59 Å². The molecule has 2 rings (SSSR count). The number of imide groups is 1. The molecule has 21 heavy (non-hydrogen) atoms. The zero-order valence-electron chi connectivity index (χ0n) is 12.4. The molecule has 0 aliphatic carbocycles. The number of methoxy groups -OCH3 is 1. The van der Waals surface area contributed by atoms with Gasteiger partial charge in [0.15, 0.2) is 0 Å². The van der Waals surface area contributed by atoms with Gasteiger partial charge in [-0.15, -0.1) is 0 Å². The minimum Gasteiger partial charge on any atom is -0.496 e. The van der Waals surface area contributed by atoms with Gasteiger partial charge in [0.2, 0.25) is 0 Å². The largest absolute Gasteiger partial charge is 0.496 e. The van der Waals surface area contributed by atoms with E-state index in [2.05, 4.69) is 5.32 Å². The maximum Gasteiger partial charge on any atom is 0.324 e. The Balaban J connectivity index is 2.08. The summed E-state index contributed by atoms with van der Waals surface area (Å²) in [5.74, 6) is 0.606. The van der Waals surface area contributed by atoms with Gasteiger partial charge in [-0.3, -0.25) is 9.69 Å². The Labute approximate surface area is 129 Å². The van der Waals surface area contributed by atoms with Crippen molar-refractivity contribution in [1.29, 1.82) is 0 Å². The van der Waals surface area contributed by atoms with Crippen LogP contribution in [0.15, 0.2) is 18.2 Å². The molecule has 0 bridgehead atoms. The van der Waals surface area contributed by atoms with Crippen molar-refractivity contribution >= 4 is 23.5 Å². The van der Waals surface area contributed by atoms with Gasteiger partial charge in [0.1, 0.15) is 11.8 Å². The zero-order chi connectivity index (χ0) is 15.6. The number of carbonyl (C=O) groups excluding carboxylic acids is 2. The highest BCUT2D eigenvalue weighted by Crippen LogP contribution is 2.24. The van der Waals surface area contributed by atoms with Crippen molar-refractivity contribution in [2.45, 2.75) is 26.3 Å². The molecule has 0 aromatic heterocycles. The van der Waals surface area contributed by atoms with Crippen LogP contribution in [0.25, 0.3) is 0 Å². The number of amides is 3. The van der Waals surface area contributed by atoms with Gasteiger partial charge in [0, 0.05) is 11.6 Å². The first kappa shape index (κ1) is 15.6. The maximum absolute atomic E-state index is 12.2. The topological polar surface area (TPSA) is 58.6 Å². The van der Waals surface area contributed by atoms with Gasteiger partial charge < -0.3 is 10.1 Å². The fourth-order valence-corrected chi connectivity index (χ4v) is 2.57. The number of ether oxygens (including phenoxy) is 1. The molecular weight excluding hydrogens is 292 g/mol. The molecule has 0 spiro atoms. The molecule has 1 heterocycles. The van der Waals surface area contributed by atoms with Gasteiger partial charge in [-0.05, 0) is 36.1 Å². The summed E-state index contributed by atoms with van der Waals surface area (Å²) in [6.07, 6.45) is 0.508. The van der Waals surface area contributed by atoms with Crippen molar-refractivity contribution in [2.24, 2.45) is 5.92 Å². The summed E-state index contributed by atoms with van der Waals surface area (Å²) in [4.78, 5) is 25.3. The standard InChI is InChI=1S/C15H19ClN2O3/c1-9(2)13-14(19)18(15(20)17-13)7-6-10-8-11(16)4-5-12(10)21-3/h4-5,8-9,13H,6-7H2,1-3H3,(H,17,20)/t13-/m0/s1. The monoisotopic (exact) mass is 310 g/mol. The summed E-state index contributed by atoms with van der Waals surface area (Å²) in [5, 5.41) is 3.31. The third-order valence-electron chi connectivity index (χ3n) is 3.57. The zero-order valence-corrected chi connectivity index (χ0v) is 13.1. The molecular formula is C15H19ClN2O3. The Bertz CT molecular complexity index is 560. The minimum atomic E-state index is -0.432. The van der Waals surface area contributed by atoms with E-state index in [1.807, 2.05) is 13.8 Å². The van der Waals surface area contributed by atoms with E-state index in [4.69, 9.17) is 16.3 Å². The second kappa shape index (κ2) is 6.35. The van der Waals surface area contributed by atoms with E-state index >= 15 is 0 Å². The van der Waals surface area contributed by atoms with Crippen LogP contribution >= 0.6 is 11.6 Å². The molecule has 1 fully saturated rings. The molecule has 0 unspecified atom stereocenters. The molecule has 1 N–H and O–H groups in total. The summed E-state index contributed by atoms with van der Waals surface area (Å²) in [6, 6.07) is 4.55. The number of carbonyl (C=O) groups is 2. The minimum absolute atomic E-state index is 0.0761. The average Bonchev–Trinajstić information content (AvgIpc) is 2.72. The number of hydrogen-bond donors (Lipinski definition) is 1. The molecule has 1 saturated heterocycles. The summed E-state index contributed by atoms with van der Waals surface area (Å²) >= 11 is 5.98. The molecule has 1 atom stereocenters. The number of nitrogens with one attached hydrogen (secondary N) is 1. The average molecular weight is 311 g/mol. The van der Waals surface area contributed by atoms with Gasteiger partial charge in [0.25, 0.3) is 5.91 Å². The molecule has 0 radical (unpaired) electrons. The van der Waals surface area contributed by atoms with Crippen molar-refractivity contribution in [3.05, 3.63) is 28.8 Å². The van der Waals surface area contributed by atoms with Gasteiger partial charge >= 0.3 is 6.03 Å². The van der Waals surface area contributed by atoms with Crippen LogP contribution in [0.5, 0.6) is 5.75 Å². The number of benzene rings is 1. The molecule has 1 aromatic carbocycles. The first-order valence-corrected chi connectivity index (χ1v) is 7.26. The van der Waals surface area contributed by atoms with E-state index in [-0.39, 0.29) is 17.9 Å². The number of rotatable bonds is 5. The quantitative estimate of drug-likeness (QED) is 0.850. The van der Waals surface area contributed by atoms with Crippen LogP contribution in [0.2, 0.25) is 5.02 Å². The van der Waals surface area contributed by atoms with Crippen molar-refractivity contribution in [2.75, 3.05) is 13.7 Å². The first-order valence-electron chi connectivity index (χ1n) is 6.88. The molecule has 114 valence electrons. The van der Waals surface area contributed by atoms with Gasteiger partial charge in [-0.2, -0.15) is 0 Å². The Morgan fingerprint density at radius 2 is 2.10 bits per heavy atom. The molecule has 1 aromatic rings. The Hall–Kier alpha value is -1.75. The second-order valence-electron chi connectivity index (χ2n) is 5.37. The maximum atomic E-state index is 12.2. The van der Waals surface area contributed by atoms with Crippen LogP contribution < -0.4 is 10.1 Å². The lowest BCUT2D eigenvalue weighted by Gasteiger charge is -2.15. The number of hydrogen-bond acceptors (Lipinski definition) is 3. The SMILES string of the molecule is COc1ccc(Cl)cc1CCN1C(=O)N[C@@H](C(C)C)C1=O. The van der Waals surface area contributed by atoms with E-state index in [0.717, 1.165) is 5.56 Å². The summed E-state index contributed by atoms with van der Waals surface area (Å²) in [6.45, 7) is 4.13. The van der Waals surface area contributed by atoms with Gasteiger partial charge in [-0.25, -0.2) is 4.79 Å². The highest BCUT2D eigenvalue weighted by atomic mass is 35.5. The normalized spacial score (nSPS) is 18.3. The molecule has 0 saturated carbocycles. The van der Waals surface area contributed by atoms with E-state index in [1.54, 1.807) is 25.3 Å². The van der Waals surface area contributed by atoms with Crippen LogP contribution in [0, 0.1) is 5.92 Å². The fraction of sp³-hybridized carbons (Fsp3) is 0.467. The Kier molecular flexibility index (Phi) is 4.73. The van der Waals surface area contributed by atoms with Crippen LogP contribution in [0.4, 0.5) is 4.79 Å². The lowest BCUT2D eigenvalue weighted by Crippen LogP contribution is -2.35. The van der Waals surface area contributed by atoms with Crippen molar-refractivity contribution < 1.29 is 14.3 Å². The van der Waals surface area contributed by atoms with Crippen molar-refractivity contribution in [1.82, 2.24) is 10.2 Å². The Morgan fingerprint density at radius 1 is 1.38 bits per heavy atom. The van der Waals surface area contributed by atoms with E-state index in [0.29, 0.717) is 23.7 Å². The fourth-order valence-electron chi connectivity index (χ4n) is 2.38. The van der Waals surface area contributed by atoms with Crippen LogP contribution in [0.3, 0.4) is 0 Å². The van der Waals surface area contributed by atoms with Crippen molar-refractivity contribution in [3.63, 3.8) is 0 Å². The lowest BCUT2D eigenvalue weighted by molar-refractivity contribution is -0.128. The number of urea groups is 1. The van der Waals surface area contributed by atoms with Crippen LogP contribution in [-0.4, -0.2) is 36.5 Å². The first-order chi connectivity index (χ1) is 9.93. The third kappa shape index (κ3) is 3.29. The second-order valence-corrected chi connectivity index (χ2v) is 5.80. The molecule has 1 aliphatic heterocycles. The van der Waals surface area contributed by atoms with Gasteiger partial charge in [-0.1, -0.05) is 25.4 Å². The number of halogens is 1. The smallest absolute Gasteiger partial charge is 0.324 e. The Morgan fingerprint density at radius 3 is 2.67 bits per heavy atom. The molecule has 6 heteroatoms. The molecule has 3 amide bonds. The van der Waals surface area contributed by atoms with E-state index < -0.39 is 6.04 Å². The van der Waals surface area contributed by atoms with Gasteiger partial charge in [0.05, 0.1) is 7.11 Å². The highest BCUT2D eigenvalue weighted by Gasteiger charge is 2.39. The summed E-state index contributed by atoms with van der Waals surface area (Å²) in [5.41, 5.74) is 0.874. The summed E-state index contributed by atoms with van der Waals surface area (Å²) < 4.78 is 5.27. The van der Waals surface area contributed by atoms with Crippen molar-refractivity contribution in [3.8, 4) is 5.75 Å². The predicted molar refractivity (Wildman–Crippen MR) is 80.6 cm³/mol. The summed E-state index contributed by atoms with van der Waals surface area (Å²) in [7, 11) is 1.58.